The highest BCUT2D eigenvalue weighted by Crippen LogP contribution is 2.52. The number of nitrogens with zero attached hydrogens (tertiary/aromatic N) is 2. The van der Waals surface area contributed by atoms with Gasteiger partial charge < -0.3 is 20.1 Å². The van der Waals surface area contributed by atoms with Crippen molar-refractivity contribution in [2.24, 2.45) is 23.7 Å². The number of fused-ring (bicyclic) bond motifs is 1. The first-order valence-electron chi connectivity index (χ1n) is 10.9. The van der Waals surface area contributed by atoms with Crippen LogP contribution in [0.25, 0.3) is 0 Å². The van der Waals surface area contributed by atoms with E-state index in [1.54, 1.807) is 6.07 Å². The molecule has 2 heterocycles. The molecule has 2 aromatic rings. The molecule has 2 aliphatic rings. The van der Waals surface area contributed by atoms with Gasteiger partial charge in [0.1, 0.15) is 11.4 Å². The van der Waals surface area contributed by atoms with Crippen molar-refractivity contribution in [3.05, 3.63) is 53.6 Å². The van der Waals surface area contributed by atoms with Crippen LogP contribution in [0.5, 0.6) is 5.88 Å². The van der Waals surface area contributed by atoms with Gasteiger partial charge in [0.25, 0.3) is 5.91 Å². The third-order valence-corrected chi connectivity index (χ3v) is 6.12. The molecule has 7 nitrogen and oxygen atoms in total. The molecule has 1 aromatic heterocycles. The number of hydrogen-bond acceptors (Lipinski definition) is 5. The number of carboxylic acid groups (broad SMARTS) is 1. The highest BCUT2D eigenvalue weighted by molar-refractivity contribution is 5.96. The summed E-state index contributed by atoms with van der Waals surface area (Å²) in [6.45, 7) is 6.52. The lowest BCUT2D eigenvalue weighted by atomic mass is 10.1. The van der Waals surface area contributed by atoms with Crippen molar-refractivity contribution in [3.8, 4) is 5.88 Å². The summed E-state index contributed by atoms with van der Waals surface area (Å²) in [6, 6.07) is 13.3. The molecular weight excluding hydrogens is 394 g/mol. The monoisotopic (exact) mass is 423 g/mol. The topological polar surface area (TPSA) is 91.8 Å². The van der Waals surface area contributed by atoms with Crippen LogP contribution in [0.4, 0.5) is 5.82 Å². The molecule has 164 valence electrons. The van der Waals surface area contributed by atoms with Crippen molar-refractivity contribution in [2.75, 3.05) is 24.6 Å². The minimum absolute atomic E-state index is 0.193. The highest BCUT2D eigenvalue weighted by atomic mass is 16.5. The number of aromatic nitrogens is 1. The number of amides is 1. The third-order valence-electron chi connectivity index (χ3n) is 6.12. The fourth-order valence-corrected chi connectivity index (χ4v) is 4.23. The number of hydrogen-bond donors (Lipinski definition) is 2. The molecular formula is C24H29N3O4. The highest BCUT2D eigenvalue weighted by Gasteiger charge is 2.60. The second-order valence-electron chi connectivity index (χ2n) is 8.82. The summed E-state index contributed by atoms with van der Waals surface area (Å²) in [5.41, 5.74) is 1.43. The largest absolute Gasteiger partial charge is 0.481 e. The Balaban J connectivity index is 1.46. The van der Waals surface area contributed by atoms with Gasteiger partial charge in [-0.3, -0.25) is 9.59 Å². The summed E-state index contributed by atoms with van der Waals surface area (Å²) in [4.78, 5) is 30.8. The molecule has 1 saturated heterocycles. The summed E-state index contributed by atoms with van der Waals surface area (Å²) >= 11 is 0. The smallest absolute Gasteiger partial charge is 0.307 e. The minimum atomic E-state index is -0.703. The summed E-state index contributed by atoms with van der Waals surface area (Å²) in [7, 11) is 0. The molecule has 3 atom stereocenters. The Kier molecular flexibility index (Phi) is 6.11. The molecule has 4 rings (SSSR count). The van der Waals surface area contributed by atoms with Gasteiger partial charge >= 0.3 is 5.97 Å². The zero-order valence-electron chi connectivity index (χ0n) is 18.0. The number of pyridine rings is 1. The first kappa shape index (κ1) is 21.2. The quantitative estimate of drug-likeness (QED) is 0.644. The lowest BCUT2D eigenvalue weighted by Gasteiger charge is -2.22. The van der Waals surface area contributed by atoms with Gasteiger partial charge in [0.2, 0.25) is 5.88 Å². The maximum atomic E-state index is 12.8. The van der Waals surface area contributed by atoms with E-state index in [1.807, 2.05) is 36.4 Å². The molecule has 1 unspecified atom stereocenters. The van der Waals surface area contributed by atoms with Crippen LogP contribution in [0, 0.1) is 23.7 Å². The number of anilines is 1. The standard InChI is InChI=1S/C24H29N3O4/c1-15(2)10-11-31-23-17(22(28)25-12-16-6-4-3-5-7-16)8-9-20(26-23)27-13-18-19(14-27)21(18)24(29)30/h3-9,15,18-19,21H,10-14H2,1-2H3,(H,25,28)(H,29,30)/t18-,19+,21?. The summed E-state index contributed by atoms with van der Waals surface area (Å²) in [6.07, 6.45) is 0.866. The second-order valence-corrected chi connectivity index (χ2v) is 8.82. The molecule has 7 heteroatoms. The van der Waals surface area contributed by atoms with Gasteiger partial charge in [0, 0.05) is 19.6 Å². The van der Waals surface area contributed by atoms with Crippen LogP contribution >= 0.6 is 0 Å². The van der Waals surface area contributed by atoms with Gasteiger partial charge in [-0.05, 0) is 41.9 Å². The van der Waals surface area contributed by atoms with Crippen LogP contribution in [0.15, 0.2) is 42.5 Å². The normalized spacial score (nSPS) is 21.6. The summed E-state index contributed by atoms with van der Waals surface area (Å²) in [5.74, 6) is 0.785. The molecule has 0 spiro atoms. The number of aliphatic carboxylic acids is 1. The maximum Gasteiger partial charge on any atom is 0.307 e. The zero-order valence-corrected chi connectivity index (χ0v) is 18.0. The fraction of sp³-hybridized carbons (Fsp3) is 0.458. The first-order chi connectivity index (χ1) is 14.9. The van der Waals surface area contributed by atoms with Crippen molar-refractivity contribution in [1.82, 2.24) is 10.3 Å². The van der Waals surface area contributed by atoms with E-state index in [0.717, 1.165) is 17.8 Å². The van der Waals surface area contributed by atoms with E-state index in [-0.39, 0.29) is 23.7 Å². The number of carboxylic acids is 1. The van der Waals surface area contributed by atoms with E-state index in [2.05, 4.69) is 29.0 Å². The average Bonchev–Trinajstić information content (AvgIpc) is 3.27. The van der Waals surface area contributed by atoms with E-state index < -0.39 is 5.97 Å². The van der Waals surface area contributed by atoms with Gasteiger partial charge in [0.15, 0.2) is 0 Å². The van der Waals surface area contributed by atoms with Gasteiger partial charge in [-0.15, -0.1) is 0 Å². The van der Waals surface area contributed by atoms with Crippen molar-refractivity contribution < 1.29 is 19.4 Å². The zero-order chi connectivity index (χ0) is 22.0. The number of carbonyl (C=O) groups is 2. The Labute approximate surface area is 182 Å². The number of ether oxygens (including phenoxy) is 1. The molecule has 0 bridgehead atoms. The minimum Gasteiger partial charge on any atom is -0.481 e. The van der Waals surface area contributed by atoms with Crippen LogP contribution in [-0.4, -0.2) is 41.7 Å². The van der Waals surface area contributed by atoms with Crippen molar-refractivity contribution in [2.45, 2.75) is 26.8 Å². The number of carbonyl (C=O) groups excluding carboxylic acids is 1. The van der Waals surface area contributed by atoms with E-state index in [1.165, 1.54) is 0 Å². The van der Waals surface area contributed by atoms with Crippen molar-refractivity contribution in [1.29, 1.82) is 0 Å². The maximum absolute atomic E-state index is 12.8. The SMILES string of the molecule is CC(C)CCOc1nc(N2C[C@@H]3C(C(=O)O)[C@@H]3C2)ccc1C(=O)NCc1ccccc1. The number of nitrogens with one attached hydrogen (secondary N) is 1. The number of rotatable bonds is 9. The Hall–Kier alpha value is -3.09. The Morgan fingerprint density at radius 1 is 1.16 bits per heavy atom. The van der Waals surface area contributed by atoms with E-state index >= 15 is 0 Å². The summed E-state index contributed by atoms with van der Waals surface area (Å²) in [5, 5.41) is 12.2. The molecule has 1 aliphatic heterocycles. The third kappa shape index (κ3) is 4.81. The van der Waals surface area contributed by atoms with Gasteiger partial charge in [-0.25, -0.2) is 0 Å². The van der Waals surface area contributed by atoms with Crippen LogP contribution in [0.2, 0.25) is 0 Å². The predicted octanol–water partition coefficient (Wildman–Crippen LogP) is 3.20. The Bertz CT molecular complexity index is 935. The van der Waals surface area contributed by atoms with Crippen molar-refractivity contribution in [3.63, 3.8) is 0 Å². The Morgan fingerprint density at radius 2 is 1.87 bits per heavy atom. The number of piperidine rings is 1. The molecule has 1 aromatic carbocycles. The van der Waals surface area contributed by atoms with Crippen LogP contribution in [-0.2, 0) is 11.3 Å². The van der Waals surface area contributed by atoms with E-state index in [0.29, 0.717) is 43.6 Å². The fourth-order valence-electron chi connectivity index (χ4n) is 4.23. The Morgan fingerprint density at radius 3 is 2.52 bits per heavy atom. The van der Waals surface area contributed by atoms with Crippen LogP contribution < -0.4 is 15.0 Å². The van der Waals surface area contributed by atoms with E-state index in [9.17, 15) is 14.7 Å². The van der Waals surface area contributed by atoms with Crippen LogP contribution in [0.3, 0.4) is 0 Å². The average molecular weight is 424 g/mol. The van der Waals surface area contributed by atoms with Gasteiger partial charge in [-0.1, -0.05) is 44.2 Å². The molecule has 0 radical (unpaired) electrons. The second kappa shape index (κ2) is 8.96. The molecule has 2 N–H and O–H groups in total. The number of benzene rings is 1. The van der Waals surface area contributed by atoms with Gasteiger partial charge in [-0.2, -0.15) is 4.98 Å². The first-order valence-corrected chi connectivity index (χ1v) is 10.9. The van der Waals surface area contributed by atoms with Crippen molar-refractivity contribution >= 4 is 17.7 Å². The summed E-state index contributed by atoms with van der Waals surface area (Å²) < 4.78 is 5.93. The molecule has 1 aliphatic carbocycles. The predicted molar refractivity (Wildman–Crippen MR) is 117 cm³/mol. The lowest BCUT2D eigenvalue weighted by Crippen LogP contribution is -2.28. The van der Waals surface area contributed by atoms with E-state index in [4.69, 9.17) is 4.74 Å². The van der Waals surface area contributed by atoms with Gasteiger partial charge in [0.05, 0.1) is 12.5 Å². The molecule has 1 saturated carbocycles. The molecule has 2 fully saturated rings. The van der Waals surface area contributed by atoms with Crippen LogP contribution in [0.1, 0.15) is 36.2 Å². The molecule has 31 heavy (non-hydrogen) atoms. The lowest BCUT2D eigenvalue weighted by molar-refractivity contribution is -0.139. The molecule has 1 amide bonds.